The summed E-state index contributed by atoms with van der Waals surface area (Å²) >= 11 is 0. The maximum atomic E-state index is 8.80. The van der Waals surface area contributed by atoms with E-state index in [2.05, 4.69) is 16.4 Å². The number of rotatable bonds is 5. The average molecular weight is 205 g/mol. The van der Waals surface area contributed by atoms with Crippen molar-refractivity contribution in [3.05, 3.63) is 23.9 Å². The molecule has 0 saturated carbocycles. The van der Waals surface area contributed by atoms with Crippen LogP contribution >= 0.6 is 0 Å². The number of hydrogen-bond acceptors (Lipinski definition) is 4. The second-order valence-electron chi connectivity index (χ2n) is 3.36. The van der Waals surface area contributed by atoms with Crippen molar-refractivity contribution in [1.29, 1.82) is 5.26 Å². The fraction of sp³-hybridized carbons (Fsp3) is 0.455. The van der Waals surface area contributed by atoms with Crippen LogP contribution in [0, 0.1) is 11.3 Å². The number of hydrogen-bond donors (Lipinski definition) is 1. The predicted molar refractivity (Wildman–Crippen MR) is 58.5 cm³/mol. The lowest BCUT2D eigenvalue weighted by atomic mass is 10.3. The molecule has 0 aliphatic carbocycles. The van der Waals surface area contributed by atoms with Gasteiger partial charge in [0.05, 0.1) is 18.3 Å². The summed E-state index contributed by atoms with van der Waals surface area (Å²) < 4.78 is 5.36. The Morgan fingerprint density at radius 2 is 2.40 bits per heavy atom. The topological polar surface area (TPSA) is 57.9 Å². The number of ether oxygens (including phenoxy) is 1. The molecule has 0 unspecified atom stereocenters. The van der Waals surface area contributed by atoms with E-state index >= 15 is 0 Å². The summed E-state index contributed by atoms with van der Waals surface area (Å²) in [5.41, 5.74) is 0.557. The number of anilines is 1. The molecule has 0 atom stereocenters. The molecule has 0 amide bonds. The van der Waals surface area contributed by atoms with Gasteiger partial charge in [0.1, 0.15) is 11.9 Å². The molecular formula is C11H15N3O. The zero-order chi connectivity index (χ0) is 11.1. The van der Waals surface area contributed by atoms with Gasteiger partial charge in [0.2, 0.25) is 0 Å². The van der Waals surface area contributed by atoms with Gasteiger partial charge in [0, 0.05) is 12.7 Å². The number of nitriles is 1. The fourth-order valence-electron chi connectivity index (χ4n) is 1.10. The third-order valence-electron chi connectivity index (χ3n) is 1.77. The second-order valence-corrected chi connectivity index (χ2v) is 3.36. The van der Waals surface area contributed by atoms with E-state index in [4.69, 9.17) is 10.00 Å². The van der Waals surface area contributed by atoms with E-state index in [1.54, 1.807) is 18.3 Å². The van der Waals surface area contributed by atoms with Gasteiger partial charge in [0.25, 0.3) is 0 Å². The predicted octanol–water partition coefficient (Wildman–Crippen LogP) is 1.79. The van der Waals surface area contributed by atoms with Gasteiger partial charge in [-0.05, 0) is 26.0 Å². The molecule has 1 aromatic heterocycles. The fourth-order valence-corrected chi connectivity index (χ4v) is 1.10. The van der Waals surface area contributed by atoms with Crippen molar-refractivity contribution in [3.8, 4) is 6.07 Å². The summed E-state index contributed by atoms with van der Waals surface area (Å²) in [6, 6.07) is 5.56. The third kappa shape index (κ3) is 3.96. The van der Waals surface area contributed by atoms with E-state index in [9.17, 15) is 0 Å². The van der Waals surface area contributed by atoms with Crippen LogP contribution in [0.4, 0.5) is 5.82 Å². The number of pyridine rings is 1. The molecule has 15 heavy (non-hydrogen) atoms. The van der Waals surface area contributed by atoms with Crippen molar-refractivity contribution in [2.45, 2.75) is 20.0 Å². The van der Waals surface area contributed by atoms with Crippen LogP contribution in [0.1, 0.15) is 19.4 Å². The Kier molecular flexibility index (Phi) is 4.58. The number of aromatic nitrogens is 1. The second kappa shape index (κ2) is 5.99. The SMILES string of the molecule is CC(C)OCCNc1ncccc1C#N. The highest BCUT2D eigenvalue weighted by molar-refractivity contribution is 5.50. The first kappa shape index (κ1) is 11.5. The Balaban J connectivity index is 2.41. The molecule has 1 N–H and O–H groups in total. The summed E-state index contributed by atoms with van der Waals surface area (Å²) in [4.78, 5) is 4.08. The summed E-state index contributed by atoms with van der Waals surface area (Å²) in [6.45, 7) is 5.24. The van der Waals surface area contributed by atoms with Crippen LogP contribution in [-0.2, 0) is 4.74 Å². The molecule has 1 heterocycles. The molecule has 0 aliphatic rings. The maximum Gasteiger partial charge on any atom is 0.143 e. The van der Waals surface area contributed by atoms with E-state index in [0.29, 0.717) is 24.5 Å². The van der Waals surface area contributed by atoms with E-state index < -0.39 is 0 Å². The molecule has 1 aromatic rings. The van der Waals surface area contributed by atoms with Crippen molar-refractivity contribution in [2.75, 3.05) is 18.5 Å². The van der Waals surface area contributed by atoms with Gasteiger partial charge in [-0.3, -0.25) is 0 Å². The van der Waals surface area contributed by atoms with Gasteiger partial charge in [0.15, 0.2) is 0 Å². The van der Waals surface area contributed by atoms with Crippen LogP contribution in [0.15, 0.2) is 18.3 Å². The van der Waals surface area contributed by atoms with Crippen LogP contribution < -0.4 is 5.32 Å². The van der Waals surface area contributed by atoms with Gasteiger partial charge >= 0.3 is 0 Å². The lowest BCUT2D eigenvalue weighted by Crippen LogP contribution is -2.14. The van der Waals surface area contributed by atoms with Gasteiger partial charge in [-0.25, -0.2) is 4.98 Å². The standard InChI is InChI=1S/C11H15N3O/c1-9(2)15-7-6-14-11-10(8-12)4-3-5-13-11/h3-5,9H,6-7H2,1-2H3,(H,13,14). The molecule has 0 radical (unpaired) electrons. The zero-order valence-electron chi connectivity index (χ0n) is 9.03. The lowest BCUT2D eigenvalue weighted by Gasteiger charge is -2.09. The number of nitrogens with zero attached hydrogens (tertiary/aromatic N) is 2. The first-order chi connectivity index (χ1) is 7.24. The smallest absolute Gasteiger partial charge is 0.143 e. The Bertz CT molecular complexity index is 344. The highest BCUT2D eigenvalue weighted by Gasteiger charge is 2.00. The zero-order valence-corrected chi connectivity index (χ0v) is 9.03. The molecule has 0 bridgehead atoms. The molecule has 0 spiro atoms. The van der Waals surface area contributed by atoms with E-state index in [0.717, 1.165) is 0 Å². The normalized spacial score (nSPS) is 10.0. The van der Waals surface area contributed by atoms with Crippen molar-refractivity contribution in [2.24, 2.45) is 0 Å². The van der Waals surface area contributed by atoms with Crippen LogP contribution in [0.25, 0.3) is 0 Å². The maximum absolute atomic E-state index is 8.80. The highest BCUT2D eigenvalue weighted by Crippen LogP contribution is 2.08. The van der Waals surface area contributed by atoms with Gasteiger partial charge in [-0.1, -0.05) is 0 Å². The van der Waals surface area contributed by atoms with E-state index in [1.165, 1.54) is 0 Å². The molecular weight excluding hydrogens is 190 g/mol. The summed E-state index contributed by atoms with van der Waals surface area (Å²) in [5.74, 6) is 0.618. The molecule has 80 valence electrons. The molecule has 0 saturated heterocycles. The average Bonchev–Trinajstić information content (AvgIpc) is 2.24. The summed E-state index contributed by atoms with van der Waals surface area (Å²) in [7, 11) is 0. The van der Waals surface area contributed by atoms with Gasteiger partial charge in [-0.15, -0.1) is 0 Å². The van der Waals surface area contributed by atoms with Crippen molar-refractivity contribution in [3.63, 3.8) is 0 Å². The highest BCUT2D eigenvalue weighted by atomic mass is 16.5. The van der Waals surface area contributed by atoms with Crippen LogP contribution in [0.2, 0.25) is 0 Å². The molecule has 4 heteroatoms. The quantitative estimate of drug-likeness (QED) is 0.744. The molecule has 0 aliphatic heterocycles. The summed E-state index contributed by atoms with van der Waals surface area (Å²) in [6.07, 6.45) is 1.89. The largest absolute Gasteiger partial charge is 0.377 e. The van der Waals surface area contributed by atoms with E-state index in [-0.39, 0.29) is 6.10 Å². The Labute approximate surface area is 89.9 Å². The molecule has 1 rings (SSSR count). The van der Waals surface area contributed by atoms with Crippen LogP contribution in [-0.4, -0.2) is 24.2 Å². The molecule has 0 fully saturated rings. The lowest BCUT2D eigenvalue weighted by molar-refractivity contribution is 0.0870. The Hall–Kier alpha value is -1.60. The van der Waals surface area contributed by atoms with E-state index in [1.807, 2.05) is 13.8 Å². The minimum Gasteiger partial charge on any atom is -0.377 e. The minimum absolute atomic E-state index is 0.228. The summed E-state index contributed by atoms with van der Waals surface area (Å²) in [5, 5.41) is 11.9. The van der Waals surface area contributed by atoms with Crippen molar-refractivity contribution >= 4 is 5.82 Å². The molecule has 4 nitrogen and oxygen atoms in total. The first-order valence-corrected chi connectivity index (χ1v) is 4.94. The van der Waals surface area contributed by atoms with Crippen molar-refractivity contribution < 1.29 is 4.74 Å². The first-order valence-electron chi connectivity index (χ1n) is 4.94. The van der Waals surface area contributed by atoms with Gasteiger partial charge < -0.3 is 10.1 Å². The minimum atomic E-state index is 0.228. The molecule has 0 aromatic carbocycles. The van der Waals surface area contributed by atoms with Crippen LogP contribution in [0.3, 0.4) is 0 Å². The Morgan fingerprint density at radius 3 is 3.07 bits per heavy atom. The Morgan fingerprint density at radius 1 is 1.60 bits per heavy atom. The van der Waals surface area contributed by atoms with Gasteiger partial charge in [-0.2, -0.15) is 5.26 Å². The monoisotopic (exact) mass is 205 g/mol. The van der Waals surface area contributed by atoms with Crippen LogP contribution in [0.5, 0.6) is 0 Å². The number of nitrogens with one attached hydrogen (secondary N) is 1. The van der Waals surface area contributed by atoms with Crippen molar-refractivity contribution in [1.82, 2.24) is 4.98 Å². The third-order valence-corrected chi connectivity index (χ3v) is 1.77.